The lowest BCUT2D eigenvalue weighted by molar-refractivity contribution is 0.0765. The van der Waals surface area contributed by atoms with Crippen molar-refractivity contribution in [2.75, 3.05) is 20.2 Å². The summed E-state index contributed by atoms with van der Waals surface area (Å²) in [6.07, 6.45) is 8.27. The van der Waals surface area contributed by atoms with Gasteiger partial charge in [-0.15, -0.1) is 0 Å². The minimum Gasteiger partial charge on any atom is -0.378 e. The molecule has 2 aromatic rings. The maximum absolute atomic E-state index is 12.6. The van der Waals surface area contributed by atoms with Crippen LogP contribution in [0, 0.1) is 6.92 Å². The number of fused-ring (bicyclic) bond motifs is 1. The molecule has 1 aliphatic rings. The third-order valence-corrected chi connectivity index (χ3v) is 4.36. The molecule has 2 aromatic heterocycles. The van der Waals surface area contributed by atoms with Crippen molar-refractivity contribution in [2.45, 2.75) is 38.7 Å². The Morgan fingerprint density at radius 2 is 2.41 bits per heavy atom. The monoisotopic (exact) mass is 301 g/mol. The van der Waals surface area contributed by atoms with Gasteiger partial charge in [-0.25, -0.2) is 4.52 Å². The van der Waals surface area contributed by atoms with E-state index in [0.717, 1.165) is 43.5 Å². The summed E-state index contributed by atoms with van der Waals surface area (Å²) in [5.41, 5.74) is 2.65. The van der Waals surface area contributed by atoms with Gasteiger partial charge in [-0.05, 0) is 44.2 Å². The molecule has 1 atom stereocenters. The second kappa shape index (κ2) is 6.48. The lowest BCUT2D eigenvalue weighted by atomic mass is 10.1. The summed E-state index contributed by atoms with van der Waals surface area (Å²) in [7, 11) is 1.86. The summed E-state index contributed by atoms with van der Waals surface area (Å²) < 4.78 is 7.39. The van der Waals surface area contributed by atoms with Crippen molar-refractivity contribution in [3.05, 3.63) is 35.7 Å². The van der Waals surface area contributed by atoms with Crippen LogP contribution in [0.3, 0.4) is 0 Å². The Balaban J connectivity index is 1.64. The lowest BCUT2D eigenvalue weighted by Gasteiger charge is -2.18. The van der Waals surface area contributed by atoms with Crippen LogP contribution in [0.2, 0.25) is 0 Å². The Morgan fingerprint density at radius 3 is 3.18 bits per heavy atom. The Kier molecular flexibility index (Phi) is 4.43. The van der Waals surface area contributed by atoms with Crippen LogP contribution in [0.5, 0.6) is 0 Å². The van der Waals surface area contributed by atoms with Gasteiger partial charge in [0.1, 0.15) is 0 Å². The summed E-state index contributed by atoms with van der Waals surface area (Å²) in [6, 6.07) is 3.94. The molecular weight excluding hydrogens is 278 g/mol. The van der Waals surface area contributed by atoms with E-state index in [1.54, 1.807) is 15.6 Å². The maximum atomic E-state index is 12.6. The number of carbonyl (C=O) groups is 1. The number of ether oxygens (including phenoxy) is 1. The molecule has 3 rings (SSSR count). The number of hydrogen-bond acceptors (Lipinski definition) is 3. The molecule has 0 bridgehead atoms. The molecule has 0 N–H and O–H groups in total. The predicted molar refractivity (Wildman–Crippen MR) is 85.1 cm³/mol. The average Bonchev–Trinajstić information content (AvgIpc) is 3.16. The van der Waals surface area contributed by atoms with Gasteiger partial charge in [0.15, 0.2) is 0 Å². The van der Waals surface area contributed by atoms with Crippen molar-refractivity contribution in [3.63, 3.8) is 0 Å². The van der Waals surface area contributed by atoms with Crippen molar-refractivity contribution in [1.29, 1.82) is 0 Å². The number of aryl methyl sites for hydroxylation is 1. The van der Waals surface area contributed by atoms with Crippen molar-refractivity contribution >= 4 is 11.4 Å². The summed E-state index contributed by atoms with van der Waals surface area (Å²) in [5.74, 6) is 0.0386. The number of hydrogen-bond donors (Lipinski definition) is 0. The molecular formula is C17H23N3O2. The third-order valence-electron chi connectivity index (χ3n) is 4.36. The van der Waals surface area contributed by atoms with E-state index < -0.39 is 0 Å². The van der Waals surface area contributed by atoms with Crippen LogP contribution in [-0.4, -0.2) is 46.7 Å². The van der Waals surface area contributed by atoms with Gasteiger partial charge >= 0.3 is 0 Å². The van der Waals surface area contributed by atoms with Crippen LogP contribution in [0.25, 0.3) is 5.52 Å². The van der Waals surface area contributed by atoms with Gasteiger partial charge in [-0.1, -0.05) is 6.07 Å². The van der Waals surface area contributed by atoms with E-state index >= 15 is 0 Å². The van der Waals surface area contributed by atoms with Crippen molar-refractivity contribution in [1.82, 2.24) is 14.5 Å². The second-order valence-electron chi connectivity index (χ2n) is 6.05. The first-order valence-corrected chi connectivity index (χ1v) is 7.97. The highest BCUT2D eigenvalue weighted by molar-refractivity contribution is 6.01. The standard InChI is InChI=1S/C17H23N3O2/c1-13-6-3-10-20-16(13)15(12-18-20)17(21)19(2)9-4-7-14-8-5-11-22-14/h3,6,10,12,14H,4-5,7-9,11H2,1-2H3. The molecule has 0 spiro atoms. The molecule has 5 nitrogen and oxygen atoms in total. The zero-order valence-corrected chi connectivity index (χ0v) is 13.3. The first-order valence-electron chi connectivity index (χ1n) is 7.97. The molecule has 118 valence electrons. The van der Waals surface area contributed by atoms with Gasteiger partial charge in [0.05, 0.1) is 23.4 Å². The lowest BCUT2D eigenvalue weighted by Crippen LogP contribution is -2.28. The first kappa shape index (κ1) is 15.0. The summed E-state index contributed by atoms with van der Waals surface area (Å²) in [5, 5.41) is 4.28. The summed E-state index contributed by atoms with van der Waals surface area (Å²) in [4.78, 5) is 14.4. The zero-order chi connectivity index (χ0) is 15.5. The normalized spacial score (nSPS) is 18.0. The predicted octanol–water partition coefficient (Wildman–Crippen LogP) is 2.67. The highest BCUT2D eigenvalue weighted by Crippen LogP contribution is 2.19. The van der Waals surface area contributed by atoms with Crippen LogP contribution in [0.15, 0.2) is 24.5 Å². The molecule has 1 fully saturated rings. The molecule has 0 aromatic carbocycles. The van der Waals surface area contributed by atoms with Gasteiger partial charge in [-0.3, -0.25) is 4.79 Å². The minimum absolute atomic E-state index is 0.0386. The van der Waals surface area contributed by atoms with E-state index in [1.165, 1.54) is 6.42 Å². The van der Waals surface area contributed by atoms with Gasteiger partial charge in [0.25, 0.3) is 5.91 Å². The van der Waals surface area contributed by atoms with E-state index in [-0.39, 0.29) is 5.91 Å². The van der Waals surface area contributed by atoms with Gasteiger partial charge < -0.3 is 9.64 Å². The average molecular weight is 301 g/mol. The summed E-state index contributed by atoms with van der Waals surface area (Å²) in [6.45, 7) is 3.65. The van der Waals surface area contributed by atoms with Crippen LogP contribution < -0.4 is 0 Å². The number of rotatable bonds is 5. The summed E-state index contributed by atoms with van der Waals surface area (Å²) >= 11 is 0. The van der Waals surface area contributed by atoms with Crippen LogP contribution in [-0.2, 0) is 4.74 Å². The Hall–Kier alpha value is -1.88. The minimum atomic E-state index is 0.0386. The van der Waals surface area contributed by atoms with Gasteiger partial charge in [-0.2, -0.15) is 5.10 Å². The number of pyridine rings is 1. The number of nitrogens with zero attached hydrogens (tertiary/aromatic N) is 3. The quantitative estimate of drug-likeness (QED) is 0.853. The van der Waals surface area contributed by atoms with E-state index in [1.807, 2.05) is 32.3 Å². The smallest absolute Gasteiger partial charge is 0.257 e. The topological polar surface area (TPSA) is 46.8 Å². The molecule has 3 heterocycles. The van der Waals surface area contributed by atoms with Crippen molar-refractivity contribution in [3.8, 4) is 0 Å². The van der Waals surface area contributed by atoms with E-state index in [0.29, 0.717) is 11.7 Å². The van der Waals surface area contributed by atoms with Gasteiger partial charge in [0.2, 0.25) is 0 Å². The number of carbonyl (C=O) groups excluding carboxylic acids is 1. The SMILES string of the molecule is Cc1cccn2ncc(C(=O)N(C)CCCC3CCCO3)c12. The van der Waals surface area contributed by atoms with E-state index in [4.69, 9.17) is 4.74 Å². The van der Waals surface area contributed by atoms with Crippen LogP contribution in [0.4, 0.5) is 0 Å². The number of amides is 1. The largest absolute Gasteiger partial charge is 0.378 e. The second-order valence-corrected chi connectivity index (χ2v) is 6.05. The Bertz CT molecular complexity index is 659. The Morgan fingerprint density at radius 1 is 1.55 bits per heavy atom. The number of aromatic nitrogens is 2. The highest BCUT2D eigenvalue weighted by atomic mass is 16.5. The van der Waals surface area contributed by atoms with Crippen molar-refractivity contribution in [2.24, 2.45) is 0 Å². The molecule has 22 heavy (non-hydrogen) atoms. The molecule has 1 unspecified atom stereocenters. The molecule has 0 radical (unpaired) electrons. The van der Waals surface area contributed by atoms with Crippen LogP contribution >= 0.6 is 0 Å². The van der Waals surface area contributed by atoms with Crippen LogP contribution in [0.1, 0.15) is 41.6 Å². The first-order chi connectivity index (χ1) is 10.7. The molecule has 1 amide bonds. The van der Waals surface area contributed by atoms with Gasteiger partial charge in [0, 0.05) is 26.4 Å². The Labute approximate surface area is 130 Å². The third kappa shape index (κ3) is 2.99. The van der Waals surface area contributed by atoms with Crippen molar-refractivity contribution < 1.29 is 9.53 Å². The molecule has 1 saturated heterocycles. The maximum Gasteiger partial charge on any atom is 0.257 e. The fraction of sp³-hybridized carbons (Fsp3) is 0.529. The van der Waals surface area contributed by atoms with E-state index in [2.05, 4.69) is 5.10 Å². The van der Waals surface area contributed by atoms with E-state index in [9.17, 15) is 4.79 Å². The molecule has 0 aliphatic carbocycles. The molecule has 0 saturated carbocycles. The highest BCUT2D eigenvalue weighted by Gasteiger charge is 2.19. The fourth-order valence-electron chi connectivity index (χ4n) is 3.11. The fourth-order valence-corrected chi connectivity index (χ4v) is 3.11. The molecule has 5 heteroatoms. The zero-order valence-electron chi connectivity index (χ0n) is 13.3. The molecule has 1 aliphatic heterocycles.